The number of aliphatic hydroxyl groups is 1. The van der Waals surface area contributed by atoms with E-state index in [1.54, 1.807) is 5.38 Å². The second-order valence-electron chi connectivity index (χ2n) is 6.63. The van der Waals surface area contributed by atoms with Gasteiger partial charge >= 0.3 is 6.09 Å². The average molecular weight is 343 g/mol. The van der Waals surface area contributed by atoms with Crippen molar-refractivity contribution in [2.75, 3.05) is 5.32 Å². The van der Waals surface area contributed by atoms with Gasteiger partial charge in [0.1, 0.15) is 0 Å². The number of rotatable bonds is 8. The SMILES string of the molecule is CC(C)(C)CCCC[C@H](NC(=O)O)[C@@H](O)C(=O)Nc1nccs1. The highest BCUT2D eigenvalue weighted by atomic mass is 32.1. The van der Waals surface area contributed by atoms with Gasteiger partial charge in [-0.3, -0.25) is 10.1 Å². The molecule has 2 amide bonds. The first kappa shape index (κ1) is 19.4. The van der Waals surface area contributed by atoms with Crippen LogP contribution in [0.2, 0.25) is 0 Å². The van der Waals surface area contributed by atoms with Gasteiger partial charge in [-0.2, -0.15) is 0 Å². The summed E-state index contributed by atoms with van der Waals surface area (Å²) in [7, 11) is 0. The monoisotopic (exact) mass is 343 g/mol. The van der Waals surface area contributed by atoms with Gasteiger partial charge in [0.2, 0.25) is 0 Å². The predicted molar refractivity (Wildman–Crippen MR) is 89.6 cm³/mol. The minimum atomic E-state index is -1.45. The van der Waals surface area contributed by atoms with E-state index in [9.17, 15) is 14.7 Å². The molecule has 1 heterocycles. The molecule has 0 aliphatic heterocycles. The first-order chi connectivity index (χ1) is 10.7. The molecule has 8 heteroatoms. The number of aromatic nitrogens is 1. The Morgan fingerprint density at radius 3 is 2.57 bits per heavy atom. The summed E-state index contributed by atoms with van der Waals surface area (Å²) >= 11 is 1.23. The van der Waals surface area contributed by atoms with E-state index in [4.69, 9.17) is 5.11 Å². The van der Waals surface area contributed by atoms with Gasteiger partial charge in [-0.15, -0.1) is 11.3 Å². The lowest BCUT2D eigenvalue weighted by atomic mass is 9.89. The molecule has 0 spiro atoms. The molecule has 0 aromatic carbocycles. The minimum absolute atomic E-state index is 0.205. The number of carbonyl (C=O) groups is 2. The Hall–Kier alpha value is -1.67. The summed E-state index contributed by atoms with van der Waals surface area (Å²) in [6, 6.07) is -0.840. The summed E-state index contributed by atoms with van der Waals surface area (Å²) < 4.78 is 0. The van der Waals surface area contributed by atoms with E-state index < -0.39 is 24.1 Å². The second-order valence-corrected chi connectivity index (χ2v) is 7.53. The van der Waals surface area contributed by atoms with E-state index in [-0.39, 0.29) is 5.41 Å². The van der Waals surface area contributed by atoms with Gasteiger partial charge in [-0.05, 0) is 18.3 Å². The molecule has 7 nitrogen and oxygen atoms in total. The molecule has 1 aromatic rings. The maximum atomic E-state index is 12.0. The summed E-state index contributed by atoms with van der Waals surface area (Å²) in [6.07, 6.45) is 1.85. The first-order valence-corrected chi connectivity index (χ1v) is 8.45. The molecule has 0 unspecified atom stereocenters. The Bertz CT molecular complexity index is 499. The highest BCUT2D eigenvalue weighted by molar-refractivity contribution is 7.13. The molecule has 1 aromatic heterocycles. The zero-order chi connectivity index (χ0) is 17.5. The van der Waals surface area contributed by atoms with Crippen LogP contribution in [0.25, 0.3) is 0 Å². The molecule has 1 rings (SSSR count). The molecule has 4 N–H and O–H groups in total. The number of nitrogens with one attached hydrogen (secondary N) is 2. The van der Waals surface area contributed by atoms with Crippen LogP contribution >= 0.6 is 11.3 Å². The van der Waals surface area contributed by atoms with Crippen LogP contribution in [-0.4, -0.2) is 39.3 Å². The van der Waals surface area contributed by atoms with Gasteiger partial charge in [0.05, 0.1) is 6.04 Å². The zero-order valence-corrected chi connectivity index (χ0v) is 14.5. The van der Waals surface area contributed by atoms with Crippen LogP contribution in [0, 0.1) is 5.41 Å². The third-order valence-electron chi connectivity index (χ3n) is 3.31. The Morgan fingerprint density at radius 2 is 2.04 bits per heavy atom. The first-order valence-electron chi connectivity index (χ1n) is 7.57. The van der Waals surface area contributed by atoms with Crippen molar-refractivity contribution in [2.24, 2.45) is 5.41 Å². The number of nitrogens with zero attached hydrogens (tertiary/aromatic N) is 1. The molecule has 0 saturated heterocycles. The van der Waals surface area contributed by atoms with Gasteiger partial charge in [-0.1, -0.05) is 33.6 Å². The molecular weight excluding hydrogens is 318 g/mol. The van der Waals surface area contributed by atoms with Crippen molar-refractivity contribution in [3.05, 3.63) is 11.6 Å². The Labute approximate surface area is 140 Å². The second kappa shape index (κ2) is 8.83. The molecule has 0 saturated carbocycles. The molecule has 0 radical (unpaired) electrons. The fourth-order valence-corrected chi connectivity index (χ4v) is 2.67. The number of hydrogen-bond acceptors (Lipinski definition) is 5. The van der Waals surface area contributed by atoms with Crippen LogP contribution in [0.1, 0.15) is 46.5 Å². The number of amides is 2. The van der Waals surface area contributed by atoms with Gasteiger partial charge in [0, 0.05) is 11.6 Å². The van der Waals surface area contributed by atoms with Crippen LogP contribution < -0.4 is 10.6 Å². The van der Waals surface area contributed by atoms with Crippen LogP contribution in [0.4, 0.5) is 9.93 Å². The molecule has 0 aliphatic rings. The Kier molecular flexibility index (Phi) is 7.44. The summed E-state index contributed by atoms with van der Waals surface area (Å²) in [5.41, 5.74) is 0.205. The topological polar surface area (TPSA) is 112 Å². The predicted octanol–water partition coefficient (Wildman–Crippen LogP) is 2.69. The van der Waals surface area contributed by atoms with Crippen molar-refractivity contribution in [2.45, 2.75) is 58.6 Å². The molecule has 0 fully saturated rings. The van der Waals surface area contributed by atoms with Crippen LogP contribution in [0.5, 0.6) is 0 Å². The quantitative estimate of drug-likeness (QED) is 0.542. The molecule has 2 atom stereocenters. The molecule has 130 valence electrons. The minimum Gasteiger partial charge on any atom is -0.465 e. The van der Waals surface area contributed by atoms with Gasteiger partial charge in [0.25, 0.3) is 5.91 Å². The highest BCUT2D eigenvalue weighted by Crippen LogP contribution is 2.22. The van der Waals surface area contributed by atoms with Gasteiger partial charge in [0.15, 0.2) is 11.2 Å². The number of anilines is 1. The lowest BCUT2D eigenvalue weighted by Crippen LogP contribution is -2.48. The number of unbranched alkanes of at least 4 members (excludes halogenated alkanes) is 1. The van der Waals surface area contributed by atoms with Gasteiger partial charge < -0.3 is 15.5 Å². The van der Waals surface area contributed by atoms with Crippen molar-refractivity contribution in [3.63, 3.8) is 0 Å². The van der Waals surface area contributed by atoms with Crippen LogP contribution in [-0.2, 0) is 4.79 Å². The molecule has 23 heavy (non-hydrogen) atoms. The molecule has 0 aliphatic carbocycles. The van der Waals surface area contributed by atoms with E-state index in [2.05, 4.69) is 36.4 Å². The van der Waals surface area contributed by atoms with Gasteiger partial charge in [-0.25, -0.2) is 9.78 Å². The third-order valence-corrected chi connectivity index (χ3v) is 4.00. The fraction of sp³-hybridized carbons (Fsp3) is 0.667. The molecule has 0 bridgehead atoms. The van der Waals surface area contributed by atoms with Crippen molar-refractivity contribution in [1.29, 1.82) is 0 Å². The highest BCUT2D eigenvalue weighted by Gasteiger charge is 2.28. The normalized spacial score (nSPS) is 14.1. The summed E-state index contributed by atoms with van der Waals surface area (Å²) in [5, 5.41) is 25.8. The van der Waals surface area contributed by atoms with Crippen LogP contribution in [0.3, 0.4) is 0 Å². The van der Waals surface area contributed by atoms with E-state index in [1.807, 2.05) is 0 Å². The van der Waals surface area contributed by atoms with Crippen LogP contribution in [0.15, 0.2) is 11.6 Å². The maximum Gasteiger partial charge on any atom is 0.404 e. The number of carbonyl (C=O) groups excluding carboxylic acids is 1. The van der Waals surface area contributed by atoms with Crippen molar-refractivity contribution >= 4 is 28.5 Å². The van der Waals surface area contributed by atoms with E-state index in [0.29, 0.717) is 11.6 Å². The van der Waals surface area contributed by atoms with E-state index in [1.165, 1.54) is 17.5 Å². The number of hydrogen-bond donors (Lipinski definition) is 4. The maximum absolute atomic E-state index is 12.0. The van der Waals surface area contributed by atoms with E-state index >= 15 is 0 Å². The Balaban J connectivity index is 2.54. The fourth-order valence-electron chi connectivity index (χ4n) is 2.13. The Morgan fingerprint density at radius 1 is 1.35 bits per heavy atom. The van der Waals surface area contributed by atoms with Crippen molar-refractivity contribution in [1.82, 2.24) is 10.3 Å². The summed E-state index contributed by atoms with van der Waals surface area (Å²) in [6.45, 7) is 6.41. The lowest BCUT2D eigenvalue weighted by Gasteiger charge is -2.23. The number of thiazole rings is 1. The largest absolute Gasteiger partial charge is 0.465 e. The summed E-state index contributed by atoms with van der Waals surface area (Å²) in [5.74, 6) is -0.658. The van der Waals surface area contributed by atoms with E-state index in [0.717, 1.165) is 19.3 Å². The lowest BCUT2D eigenvalue weighted by molar-refractivity contribution is -0.125. The number of carboxylic acid groups (broad SMARTS) is 1. The molecular formula is C15H25N3O4S. The summed E-state index contributed by atoms with van der Waals surface area (Å²) in [4.78, 5) is 26.8. The van der Waals surface area contributed by atoms with Crippen molar-refractivity contribution in [3.8, 4) is 0 Å². The zero-order valence-electron chi connectivity index (χ0n) is 13.7. The standard InChI is InChI=1S/C15H25N3O4S/c1-15(2,3)7-5-4-6-10(17-14(21)22)11(19)12(20)18-13-16-8-9-23-13/h8-11,17,19H,4-7H2,1-3H3,(H,21,22)(H,16,18,20)/t10-,11+/m0/s1. The average Bonchev–Trinajstić information content (AvgIpc) is 2.92. The third kappa shape index (κ3) is 7.94. The smallest absolute Gasteiger partial charge is 0.404 e. The number of aliphatic hydroxyl groups excluding tert-OH is 1. The van der Waals surface area contributed by atoms with Crippen molar-refractivity contribution < 1.29 is 19.8 Å².